The van der Waals surface area contributed by atoms with Gasteiger partial charge in [-0.3, -0.25) is 14.9 Å². The van der Waals surface area contributed by atoms with Crippen molar-refractivity contribution in [1.82, 2.24) is 10.6 Å². The van der Waals surface area contributed by atoms with Crippen LogP contribution < -0.4 is 10.6 Å². The maximum absolute atomic E-state index is 11.8. The van der Waals surface area contributed by atoms with Crippen LogP contribution in [0.2, 0.25) is 0 Å². The van der Waals surface area contributed by atoms with Crippen molar-refractivity contribution in [2.45, 2.75) is 32.1 Å². The first-order valence-electron chi connectivity index (χ1n) is 8.56. The van der Waals surface area contributed by atoms with E-state index in [4.69, 9.17) is 4.74 Å². The number of rotatable bonds is 7. The summed E-state index contributed by atoms with van der Waals surface area (Å²) in [6, 6.07) is 5.18. The Labute approximate surface area is 151 Å². The standard InChI is InChI=1S/C19H22N2O5/c22-12-15-6-8-16(9-7-15)18(24)26-13-17(23)21-19(25)20-11-10-14-4-2-1-3-5-14/h4,6-9,12H,1-3,5,10-11,13H2,(H2,20,21,23,25). The van der Waals surface area contributed by atoms with Gasteiger partial charge >= 0.3 is 12.0 Å². The van der Waals surface area contributed by atoms with E-state index in [1.807, 2.05) is 0 Å². The molecule has 0 aromatic heterocycles. The smallest absolute Gasteiger partial charge is 0.338 e. The van der Waals surface area contributed by atoms with Crippen LogP contribution in [0.4, 0.5) is 4.79 Å². The number of urea groups is 1. The van der Waals surface area contributed by atoms with Crippen molar-refractivity contribution in [2.24, 2.45) is 0 Å². The zero-order chi connectivity index (χ0) is 18.8. The number of carbonyl (C=O) groups is 4. The molecule has 7 nitrogen and oxygen atoms in total. The molecule has 1 aromatic rings. The lowest BCUT2D eigenvalue weighted by molar-refractivity contribution is -0.123. The van der Waals surface area contributed by atoms with Crippen LogP contribution in [0.15, 0.2) is 35.9 Å². The largest absolute Gasteiger partial charge is 0.452 e. The molecule has 0 saturated heterocycles. The average molecular weight is 358 g/mol. The Hall–Kier alpha value is -2.96. The van der Waals surface area contributed by atoms with Gasteiger partial charge in [-0.25, -0.2) is 9.59 Å². The number of esters is 1. The Morgan fingerprint density at radius 1 is 1.12 bits per heavy atom. The summed E-state index contributed by atoms with van der Waals surface area (Å²) in [6.07, 6.45) is 8.18. The summed E-state index contributed by atoms with van der Waals surface area (Å²) >= 11 is 0. The molecule has 0 heterocycles. The minimum absolute atomic E-state index is 0.216. The first kappa shape index (κ1) is 19.4. The molecule has 0 saturated carbocycles. The SMILES string of the molecule is O=Cc1ccc(C(=O)OCC(=O)NC(=O)NCCC2=CCCCC2)cc1. The molecule has 1 aliphatic rings. The lowest BCUT2D eigenvalue weighted by Gasteiger charge is -2.13. The molecular weight excluding hydrogens is 336 g/mol. The summed E-state index contributed by atoms with van der Waals surface area (Å²) in [5, 5.41) is 4.72. The van der Waals surface area contributed by atoms with Crippen LogP contribution in [0, 0.1) is 0 Å². The molecule has 0 aliphatic heterocycles. The van der Waals surface area contributed by atoms with Crippen LogP contribution >= 0.6 is 0 Å². The number of amides is 3. The molecule has 0 spiro atoms. The number of benzene rings is 1. The van der Waals surface area contributed by atoms with E-state index in [1.165, 1.54) is 42.7 Å². The molecule has 3 amide bonds. The maximum Gasteiger partial charge on any atom is 0.338 e. The molecule has 2 N–H and O–H groups in total. The van der Waals surface area contributed by atoms with Crippen molar-refractivity contribution in [3.8, 4) is 0 Å². The normalized spacial score (nSPS) is 13.3. The van der Waals surface area contributed by atoms with Crippen LogP contribution in [-0.4, -0.2) is 37.3 Å². The number of carbonyl (C=O) groups excluding carboxylic acids is 4. The summed E-state index contributed by atoms with van der Waals surface area (Å²) in [6.45, 7) is -0.110. The molecule has 138 valence electrons. The summed E-state index contributed by atoms with van der Waals surface area (Å²) in [5.41, 5.74) is 1.98. The third kappa shape index (κ3) is 6.51. The predicted octanol–water partition coefficient (Wildman–Crippen LogP) is 2.37. The van der Waals surface area contributed by atoms with Crippen LogP contribution in [0.1, 0.15) is 52.8 Å². The Morgan fingerprint density at radius 2 is 1.88 bits per heavy atom. The molecule has 0 radical (unpaired) electrons. The second-order valence-electron chi connectivity index (χ2n) is 5.98. The van der Waals surface area contributed by atoms with Crippen LogP contribution in [0.3, 0.4) is 0 Å². The first-order valence-corrected chi connectivity index (χ1v) is 8.56. The van der Waals surface area contributed by atoms with E-state index in [-0.39, 0.29) is 5.56 Å². The maximum atomic E-state index is 11.8. The van der Waals surface area contributed by atoms with E-state index in [1.54, 1.807) is 0 Å². The Kier molecular flexibility index (Phi) is 7.54. The number of nitrogens with one attached hydrogen (secondary N) is 2. The highest BCUT2D eigenvalue weighted by Gasteiger charge is 2.12. The highest BCUT2D eigenvalue weighted by molar-refractivity contribution is 5.97. The quantitative estimate of drug-likeness (QED) is 0.443. The third-order valence-corrected chi connectivity index (χ3v) is 3.99. The number of imide groups is 1. The van der Waals surface area contributed by atoms with E-state index in [0.717, 1.165) is 19.3 Å². The zero-order valence-corrected chi connectivity index (χ0v) is 14.5. The molecule has 0 bridgehead atoms. The van der Waals surface area contributed by atoms with Gasteiger partial charge in [-0.2, -0.15) is 0 Å². The number of ether oxygens (including phenoxy) is 1. The summed E-state index contributed by atoms with van der Waals surface area (Å²) in [7, 11) is 0. The average Bonchev–Trinajstić information content (AvgIpc) is 2.67. The van der Waals surface area contributed by atoms with Crippen LogP contribution in [-0.2, 0) is 9.53 Å². The first-order chi connectivity index (χ1) is 12.6. The fourth-order valence-corrected chi connectivity index (χ4v) is 2.59. The van der Waals surface area contributed by atoms with Gasteiger partial charge in [-0.15, -0.1) is 0 Å². The number of aldehydes is 1. The van der Waals surface area contributed by atoms with Gasteiger partial charge in [0.2, 0.25) is 0 Å². The van der Waals surface area contributed by atoms with Crippen LogP contribution in [0.5, 0.6) is 0 Å². The van der Waals surface area contributed by atoms with Gasteiger partial charge in [0, 0.05) is 12.1 Å². The molecule has 0 unspecified atom stereocenters. The minimum atomic E-state index is -0.711. The summed E-state index contributed by atoms with van der Waals surface area (Å²) in [4.78, 5) is 45.6. The Balaban J connectivity index is 1.65. The monoisotopic (exact) mass is 358 g/mol. The highest BCUT2D eigenvalue weighted by Crippen LogP contribution is 2.19. The zero-order valence-electron chi connectivity index (χ0n) is 14.5. The minimum Gasteiger partial charge on any atom is -0.452 e. The molecule has 0 atom stereocenters. The van der Waals surface area contributed by atoms with Gasteiger partial charge in [0.05, 0.1) is 5.56 Å². The van der Waals surface area contributed by atoms with E-state index in [2.05, 4.69) is 16.7 Å². The molecule has 2 rings (SSSR count). The lowest BCUT2D eigenvalue weighted by atomic mass is 9.97. The van der Waals surface area contributed by atoms with Gasteiger partial charge in [0.25, 0.3) is 5.91 Å². The highest BCUT2D eigenvalue weighted by atomic mass is 16.5. The van der Waals surface area contributed by atoms with E-state index in [9.17, 15) is 19.2 Å². The third-order valence-electron chi connectivity index (χ3n) is 3.99. The van der Waals surface area contributed by atoms with Gasteiger partial charge in [0.15, 0.2) is 6.61 Å². The van der Waals surface area contributed by atoms with Gasteiger partial charge < -0.3 is 10.1 Å². The number of allylic oxidation sites excluding steroid dienone is 1. The second kappa shape index (κ2) is 10.1. The van der Waals surface area contributed by atoms with Crippen LogP contribution in [0.25, 0.3) is 0 Å². The molecule has 7 heteroatoms. The van der Waals surface area contributed by atoms with Crippen molar-refractivity contribution in [3.05, 3.63) is 47.0 Å². The van der Waals surface area contributed by atoms with Gasteiger partial charge in [-0.1, -0.05) is 23.8 Å². The van der Waals surface area contributed by atoms with Crippen molar-refractivity contribution in [2.75, 3.05) is 13.2 Å². The topological polar surface area (TPSA) is 102 Å². The van der Waals surface area contributed by atoms with E-state index >= 15 is 0 Å². The molecular formula is C19H22N2O5. The second-order valence-corrected chi connectivity index (χ2v) is 5.98. The fraction of sp³-hybridized carbons (Fsp3) is 0.368. The summed E-state index contributed by atoms with van der Waals surface area (Å²) < 4.78 is 4.84. The van der Waals surface area contributed by atoms with Gasteiger partial charge in [0.1, 0.15) is 6.29 Å². The fourth-order valence-electron chi connectivity index (χ4n) is 2.59. The van der Waals surface area contributed by atoms with Gasteiger partial charge in [-0.05, 0) is 44.2 Å². The molecule has 26 heavy (non-hydrogen) atoms. The molecule has 0 fully saturated rings. The number of hydrogen-bond donors (Lipinski definition) is 2. The Bertz CT molecular complexity index is 694. The van der Waals surface area contributed by atoms with Crippen molar-refractivity contribution in [1.29, 1.82) is 0 Å². The number of hydrogen-bond acceptors (Lipinski definition) is 5. The van der Waals surface area contributed by atoms with E-state index < -0.39 is 24.5 Å². The predicted molar refractivity (Wildman–Crippen MR) is 94.8 cm³/mol. The Morgan fingerprint density at radius 3 is 2.54 bits per heavy atom. The summed E-state index contributed by atoms with van der Waals surface area (Å²) in [5.74, 6) is -1.42. The molecule has 1 aromatic carbocycles. The van der Waals surface area contributed by atoms with Crippen molar-refractivity contribution < 1.29 is 23.9 Å². The molecule has 1 aliphatic carbocycles. The lowest BCUT2D eigenvalue weighted by Crippen LogP contribution is -2.41. The van der Waals surface area contributed by atoms with E-state index in [0.29, 0.717) is 18.4 Å². The van der Waals surface area contributed by atoms with Crippen molar-refractivity contribution >= 4 is 24.2 Å². The van der Waals surface area contributed by atoms with Crippen molar-refractivity contribution in [3.63, 3.8) is 0 Å².